The maximum absolute atomic E-state index is 4.89. The van der Waals surface area contributed by atoms with Gasteiger partial charge >= 0.3 is 5.95 Å². The van der Waals surface area contributed by atoms with Gasteiger partial charge in [0.25, 0.3) is 0 Å². The molecule has 3 nitrogen and oxygen atoms in total. The molecule has 0 aromatic carbocycles. The number of rotatable bonds is 0. The molecule has 2 bridgehead atoms. The van der Waals surface area contributed by atoms with Crippen LogP contribution in [0.4, 0.5) is 0 Å². The zero-order chi connectivity index (χ0) is 4.69. The van der Waals surface area contributed by atoms with Crippen LogP contribution in [-0.2, 0) is 14.5 Å². The molecule has 0 N–H and O–H groups in total. The standard InChI is InChI=1S/C4H4O3/c1-2-4-5-3(1)6-7-4/h1,4H,2H2. The summed E-state index contributed by atoms with van der Waals surface area (Å²) in [7, 11) is 0. The minimum absolute atomic E-state index is 0.144. The average Bonchev–Trinajstić information content (AvgIpc) is 2.22. The SMILES string of the molecule is C1=C2OOC(C1)O2. The molecule has 2 aliphatic heterocycles. The Kier molecular flexibility index (Phi) is 0.438. The lowest BCUT2D eigenvalue weighted by atomic mass is 10.4. The van der Waals surface area contributed by atoms with Gasteiger partial charge in [0.15, 0.2) is 0 Å². The van der Waals surface area contributed by atoms with Gasteiger partial charge in [-0.15, -0.1) is 4.89 Å². The Bertz CT molecular complexity index is 118. The summed E-state index contributed by atoms with van der Waals surface area (Å²) >= 11 is 0. The first kappa shape index (κ1) is 3.32. The predicted octanol–water partition coefficient (Wildman–Crippen LogP) is 0.536. The van der Waals surface area contributed by atoms with E-state index in [9.17, 15) is 0 Å². The zero-order valence-electron chi connectivity index (χ0n) is 3.59. The Morgan fingerprint density at radius 3 is 2.86 bits per heavy atom. The molecule has 3 heteroatoms. The van der Waals surface area contributed by atoms with Gasteiger partial charge in [-0.2, -0.15) is 0 Å². The maximum atomic E-state index is 4.89. The molecular formula is C4H4O3. The lowest BCUT2D eigenvalue weighted by Crippen LogP contribution is -2.01. The van der Waals surface area contributed by atoms with Gasteiger partial charge in [0.2, 0.25) is 6.29 Å². The van der Waals surface area contributed by atoms with Crippen molar-refractivity contribution >= 4 is 0 Å². The van der Waals surface area contributed by atoms with Gasteiger partial charge in [-0.25, -0.2) is 0 Å². The van der Waals surface area contributed by atoms with Gasteiger partial charge in [-0.1, -0.05) is 0 Å². The zero-order valence-corrected chi connectivity index (χ0v) is 3.59. The lowest BCUT2D eigenvalue weighted by molar-refractivity contribution is -0.267. The Labute approximate surface area is 40.4 Å². The highest BCUT2D eigenvalue weighted by Crippen LogP contribution is 2.26. The van der Waals surface area contributed by atoms with Crippen molar-refractivity contribution in [1.82, 2.24) is 0 Å². The van der Waals surface area contributed by atoms with E-state index in [1.54, 1.807) is 0 Å². The van der Waals surface area contributed by atoms with Crippen LogP contribution in [0.15, 0.2) is 12.0 Å². The minimum atomic E-state index is -0.144. The number of hydrogen-bond acceptors (Lipinski definition) is 3. The van der Waals surface area contributed by atoms with Crippen LogP contribution >= 0.6 is 0 Å². The van der Waals surface area contributed by atoms with E-state index in [-0.39, 0.29) is 6.29 Å². The van der Waals surface area contributed by atoms with Crippen molar-refractivity contribution in [2.24, 2.45) is 0 Å². The third kappa shape index (κ3) is 0.326. The summed E-state index contributed by atoms with van der Waals surface area (Å²) in [6.45, 7) is 0. The van der Waals surface area contributed by atoms with Crippen LogP contribution in [-0.4, -0.2) is 6.29 Å². The van der Waals surface area contributed by atoms with Crippen molar-refractivity contribution in [2.45, 2.75) is 12.7 Å². The highest BCUT2D eigenvalue weighted by Gasteiger charge is 2.29. The molecular weight excluding hydrogens is 96.0 g/mol. The van der Waals surface area contributed by atoms with E-state index in [4.69, 9.17) is 4.74 Å². The number of fused-ring (bicyclic) bond motifs is 2. The van der Waals surface area contributed by atoms with Crippen LogP contribution in [0, 0.1) is 0 Å². The topological polar surface area (TPSA) is 27.7 Å². The second-order valence-corrected chi connectivity index (χ2v) is 1.49. The van der Waals surface area contributed by atoms with E-state index in [1.165, 1.54) is 0 Å². The van der Waals surface area contributed by atoms with Gasteiger partial charge < -0.3 is 4.74 Å². The largest absolute Gasteiger partial charge is 0.429 e. The van der Waals surface area contributed by atoms with E-state index >= 15 is 0 Å². The van der Waals surface area contributed by atoms with E-state index in [0.29, 0.717) is 5.95 Å². The lowest BCUT2D eigenvalue weighted by Gasteiger charge is -1.94. The van der Waals surface area contributed by atoms with Gasteiger partial charge in [0.1, 0.15) is 0 Å². The van der Waals surface area contributed by atoms with Gasteiger partial charge in [-0.3, -0.25) is 4.89 Å². The van der Waals surface area contributed by atoms with Crippen molar-refractivity contribution < 1.29 is 14.5 Å². The fourth-order valence-electron chi connectivity index (χ4n) is 0.632. The number of ether oxygens (including phenoxy) is 1. The summed E-state index contributed by atoms with van der Waals surface area (Å²) in [5, 5.41) is 0. The first-order valence-electron chi connectivity index (χ1n) is 2.15. The van der Waals surface area contributed by atoms with E-state index in [0.717, 1.165) is 6.42 Å². The van der Waals surface area contributed by atoms with Crippen molar-refractivity contribution in [3.05, 3.63) is 12.0 Å². The minimum Gasteiger partial charge on any atom is -0.429 e. The third-order valence-electron chi connectivity index (χ3n) is 0.962. The van der Waals surface area contributed by atoms with Crippen LogP contribution < -0.4 is 0 Å². The Morgan fingerprint density at radius 2 is 2.71 bits per heavy atom. The summed E-state index contributed by atoms with van der Waals surface area (Å²) < 4.78 is 4.89. The molecule has 2 aliphatic rings. The molecule has 2 heterocycles. The molecule has 1 saturated heterocycles. The Morgan fingerprint density at radius 1 is 1.71 bits per heavy atom. The molecule has 0 amide bonds. The fraction of sp³-hybridized carbons (Fsp3) is 0.500. The fourth-order valence-corrected chi connectivity index (χ4v) is 0.632. The molecule has 0 aromatic rings. The van der Waals surface area contributed by atoms with E-state index < -0.39 is 0 Å². The molecule has 0 aliphatic carbocycles. The second kappa shape index (κ2) is 0.924. The monoisotopic (exact) mass is 100 g/mol. The smallest absolute Gasteiger partial charge is 0.315 e. The number of hydrogen-bond donors (Lipinski definition) is 0. The van der Waals surface area contributed by atoms with Crippen LogP contribution in [0.3, 0.4) is 0 Å². The molecule has 1 unspecified atom stereocenters. The Balaban J connectivity index is 2.30. The van der Waals surface area contributed by atoms with Crippen LogP contribution in [0.2, 0.25) is 0 Å². The van der Waals surface area contributed by atoms with Crippen molar-refractivity contribution in [3.63, 3.8) is 0 Å². The highest BCUT2D eigenvalue weighted by atomic mass is 17.3. The van der Waals surface area contributed by atoms with Gasteiger partial charge in [-0.05, 0) is 0 Å². The average molecular weight is 100 g/mol. The molecule has 0 radical (unpaired) electrons. The molecule has 0 saturated carbocycles. The quantitative estimate of drug-likeness (QED) is 0.416. The molecule has 0 spiro atoms. The first-order valence-corrected chi connectivity index (χ1v) is 2.15. The van der Waals surface area contributed by atoms with E-state index in [2.05, 4.69) is 9.78 Å². The highest BCUT2D eigenvalue weighted by molar-refractivity contribution is 4.93. The maximum Gasteiger partial charge on any atom is 0.315 e. The molecule has 38 valence electrons. The first-order chi connectivity index (χ1) is 3.45. The van der Waals surface area contributed by atoms with Gasteiger partial charge in [0, 0.05) is 12.5 Å². The Hall–Kier alpha value is -0.700. The normalized spacial score (nSPS) is 34.3. The summed E-state index contributed by atoms with van der Waals surface area (Å²) in [5.41, 5.74) is 0. The third-order valence-corrected chi connectivity index (χ3v) is 0.962. The van der Waals surface area contributed by atoms with Crippen molar-refractivity contribution in [1.29, 1.82) is 0 Å². The molecule has 7 heavy (non-hydrogen) atoms. The molecule has 1 fully saturated rings. The van der Waals surface area contributed by atoms with Crippen LogP contribution in [0.25, 0.3) is 0 Å². The molecule has 2 rings (SSSR count). The second-order valence-electron chi connectivity index (χ2n) is 1.49. The van der Waals surface area contributed by atoms with Crippen LogP contribution in [0.5, 0.6) is 0 Å². The summed E-state index contributed by atoms with van der Waals surface area (Å²) in [4.78, 5) is 9.05. The molecule has 0 aromatic heterocycles. The van der Waals surface area contributed by atoms with E-state index in [1.807, 2.05) is 6.08 Å². The van der Waals surface area contributed by atoms with Crippen molar-refractivity contribution in [2.75, 3.05) is 0 Å². The van der Waals surface area contributed by atoms with Crippen LogP contribution in [0.1, 0.15) is 6.42 Å². The predicted molar refractivity (Wildman–Crippen MR) is 19.7 cm³/mol. The summed E-state index contributed by atoms with van der Waals surface area (Å²) in [6, 6.07) is 0. The van der Waals surface area contributed by atoms with Gasteiger partial charge in [0.05, 0.1) is 0 Å². The summed E-state index contributed by atoms with van der Waals surface area (Å²) in [5.74, 6) is 0.519. The molecule has 1 atom stereocenters. The van der Waals surface area contributed by atoms with Crippen molar-refractivity contribution in [3.8, 4) is 0 Å². The summed E-state index contributed by atoms with van der Waals surface area (Å²) in [6.07, 6.45) is 2.54.